The van der Waals surface area contributed by atoms with Gasteiger partial charge in [-0.25, -0.2) is 9.97 Å². The van der Waals surface area contributed by atoms with E-state index in [4.69, 9.17) is 0 Å². The van der Waals surface area contributed by atoms with Crippen molar-refractivity contribution in [2.24, 2.45) is 0 Å². The minimum atomic E-state index is 0.918. The van der Waals surface area contributed by atoms with Crippen LogP contribution in [-0.4, -0.2) is 22.0 Å². The maximum Gasteiger partial charge on any atom is 0.132 e. The van der Waals surface area contributed by atoms with Gasteiger partial charge < -0.3 is 10.3 Å². The van der Waals surface area contributed by atoms with Gasteiger partial charge in [-0.15, -0.1) is 0 Å². The van der Waals surface area contributed by atoms with Crippen molar-refractivity contribution in [1.29, 1.82) is 0 Å². The molecule has 2 heterocycles. The molecule has 84 valence electrons. The fraction of sp³-hybridized carbons (Fsp3) is 0.333. The molecule has 0 aliphatic rings. The molecule has 0 spiro atoms. The van der Waals surface area contributed by atoms with Crippen molar-refractivity contribution in [2.75, 3.05) is 12.4 Å². The number of rotatable bonds is 4. The Morgan fingerprint density at radius 1 is 1.38 bits per heavy atom. The molecular formula is C12H16N4. The Bertz CT molecular complexity index is 448. The highest BCUT2D eigenvalue weighted by atomic mass is 15.0. The summed E-state index contributed by atoms with van der Waals surface area (Å²) in [6, 6.07) is 4.01. The molecule has 0 amide bonds. The Morgan fingerprint density at radius 2 is 2.25 bits per heavy atom. The predicted molar refractivity (Wildman–Crippen MR) is 65.4 cm³/mol. The Labute approximate surface area is 95.1 Å². The summed E-state index contributed by atoms with van der Waals surface area (Å²) < 4.78 is 0. The van der Waals surface area contributed by atoms with Crippen LogP contribution in [0.5, 0.6) is 0 Å². The van der Waals surface area contributed by atoms with E-state index in [0.29, 0.717) is 0 Å². The summed E-state index contributed by atoms with van der Waals surface area (Å²) in [5, 5.41) is 3.12. The van der Waals surface area contributed by atoms with Gasteiger partial charge in [-0.05, 0) is 18.6 Å². The van der Waals surface area contributed by atoms with Crippen LogP contribution in [0.15, 0.2) is 24.7 Å². The number of nitrogens with zero attached hydrogens (tertiary/aromatic N) is 2. The number of hydrogen-bond acceptors (Lipinski definition) is 3. The second-order valence-corrected chi connectivity index (χ2v) is 3.63. The SMILES string of the molecule is CCCc1c(NC)ncnc1-c1ccc[nH]1. The highest BCUT2D eigenvalue weighted by Gasteiger charge is 2.11. The lowest BCUT2D eigenvalue weighted by molar-refractivity contribution is 0.904. The Balaban J connectivity index is 2.51. The molecule has 0 bridgehead atoms. The number of aromatic amines is 1. The van der Waals surface area contributed by atoms with Gasteiger partial charge in [0.2, 0.25) is 0 Å². The zero-order valence-corrected chi connectivity index (χ0v) is 9.62. The van der Waals surface area contributed by atoms with Gasteiger partial charge in [0, 0.05) is 18.8 Å². The van der Waals surface area contributed by atoms with Gasteiger partial charge in [-0.2, -0.15) is 0 Å². The minimum absolute atomic E-state index is 0.918. The molecule has 2 aromatic heterocycles. The predicted octanol–water partition coefficient (Wildman–Crippen LogP) is 2.47. The number of hydrogen-bond donors (Lipinski definition) is 2. The molecule has 2 N–H and O–H groups in total. The summed E-state index contributed by atoms with van der Waals surface area (Å²) in [6.07, 6.45) is 5.56. The van der Waals surface area contributed by atoms with Gasteiger partial charge in [0.05, 0.1) is 11.4 Å². The van der Waals surface area contributed by atoms with E-state index in [2.05, 4.69) is 27.2 Å². The topological polar surface area (TPSA) is 53.6 Å². The smallest absolute Gasteiger partial charge is 0.132 e. The Kier molecular flexibility index (Phi) is 3.19. The molecule has 16 heavy (non-hydrogen) atoms. The zero-order chi connectivity index (χ0) is 11.4. The maximum absolute atomic E-state index is 4.37. The van der Waals surface area contributed by atoms with Crippen LogP contribution in [0.4, 0.5) is 5.82 Å². The average Bonchev–Trinajstić information content (AvgIpc) is 2.83. The van der Waals surface area contributed by atoms with Crippen LogP contribution in [0, 0.1) is 0 Å². The molecule has 0 radical (unpaired) electrons. The van der Waals surface area contributed by atoms with E-state index in [1.807, 2.05) is 25.4 Å². The lowest BCUT2D eigenvalue weighted by Crippen LogP contribution is -2.03. The van der Waals surface area contributed by atoms with Gasteiger partial charge >= 0.3 is 0 Å². The van der Waals surface area contributed by atoms with Gasteiger partial charge in [0.15, 0.2) is 0 Å². The summed E-state index contributed by atoms with van der Waals surface area (Å²) >= 11 is 0. The summed E-state index contributed by atoms with van der Waals surface area (Å²) in [6.45, 7) is 2.16. The molecule has 2 rings (SSSR count). The standard InChI is InChI=1S/C12H16N4/c1-3-5-9-11(10-6-4-7-14-10)15-8-16-12(9)13-2/h4,6-8,14H,3,5H2,1-2H3,(H,13,15,16). The molecule has 2 aromatic rings. The van der Waals surface area contributed by atoms with Crippen LogP contribution in [0.1, 0.15) is 18.9 Å². The number of nitrogens with one attached hydrogen (secondary N) is 2. The fourth-order valence-electron chi connectivity index (χ4n) is 1.82. The molecule has 0 aliphatic heterocycles. The van der Waals surface area contributed by atoms with Crippen molar-refractivity contribution in [3.63, 3.8) is 0 Å². The summed E-state index contributed by atoms with van der Waals surface area (Å²) in [5.41, 5.74) is 3.21. The molecule has 4 heteroatoms. The highest BCUT2D eigenvalue weighted by molar-refractivity contribution is 5.65. The lowest BCUT2D eigenvalue weighted by Gasteiger charge is -2.10. The molecule has 0 unspecified atom stereocenters. The molecule has 0 saturated heterocycles. The first-order chi connectivity index (χ1) is 7.86. The fourth-order valence-corrected chi connectivity index (χ4v) is 1.82. The van der Waals surface area contributed by atoms with E-state index in [1.54, 1.807) is 6.33 Å². The Morgan fingerprint density at radius 3 is 2.88 bits per heavy atom. The van der Waals surface area contributed by atoms with Crippen LogP contribution in [0.2, 0.25) is 0 Å². The van der Waals surface area contributed by atoms with Crippen LogP contribution >= 0.6 is 0 Å². The first-order valence-electron chi connectivity index (χ1n) is 5.52. The van der Waals surface area contributed by atoms with Gasteiger partial charge in [-0.1, -0.05) is 13.3 Å². The van der Waals surface area contributed by atoms with Crippen LogP contribution < -0.4 is 5.32 Å². The first-order valence-corrected chi connectivity index (χ1v) is 5.52. The number of H-pyrrole nitrogens is 1. The van der Waals surface area contributed by atoms with Crippen molar-refractivity contribution in [2.45, 2.75) is 19.8 Å². The van der Waals surface area contributed by atoms with Gasteiger partial charge in [-0.3, -0.25) is 0 Å². The quantitative estimate of drug-likeness (QED) is 0.825. The zero-order valence-electron chi connectivity index (χ0n) is 9.62. The van der Waals surface area contributed by atoms with E-state index in [0.717, 1.165) is 30.0 Å². The summed E-state index contributed by atoms with van der Waals surface area (Å²) in [5.74, 6) is 0.918. The van der Waals surface area contributed by atoms with E-state index in [9.17, 15) is 0 Å². The molecule has 0 saturated carbocycles. The third kappa shape index (κ3) is 1.91. The highest BCUT2D eigenvalue weighted by Crippen LogP contribution is 2.25. The summed E-state index contributed by atoms with van der Waals surface area (Å²) in [4.78, 5) is 11.8. The van der Waals surface area contributed by atoms with E-state index in [-0.39, 0.29) is 0 Å². The van der Waals surface area contributed by atoms with E-state index < -0.39 is 0 Å². The minimum Gasteiger partial charge on any atom is -0.373 e. The monoisotopic (exact) mass is 216 g/mol. The first kappa shape index (κ1) is 10.7. The molecule has 0 atom stereocenters. The third-order valence-corrected chi connectivity index (χ3v) is 2.54. The molecular weight excluding hydrogens is 200 g/mol. The van der Waals surface area contributed by atoms with Crippen molar-refractivity contribution < 1.29 is 0 Å². The van der Waals surface area contributed by atoms with Gasteiger partial charge in [0.25, 0.3) is 0 Å². The summed E-state index contributed by atoms with van der Waals surface area (Å²) in [7, 11) is 1.89. The Hall–Kier alpha value is -1.84. The van der Waals surface area contributed by atoms with Crippen LogP contribution in [0.25, 0.3) is 11.4 Å². The number of anilines is 1. The van der Waals surface area contributed by atoms with E-state index in [1.165, 1.54) is 5.56 Å². The van der Waals surface area contributed by atoms with Crippen molar-refractivity contribution in [3.05, 3.63) is 30.2 Å². The average molecular weight is 216 g/mol. The van der Waals surface area contributed by atoms with E-state index >= 15 is 0 Å². The largest absolute Gasteiger partial charge is 0.373 e. The molecule has 4 nitrogen and oxygen atoms in total. The third-order valence-electron chi connectivity index (χ3n) is 2.54. The second kappa shape index (κ2) is 4.79. The van der Waals surface area contributed by atoms with Crippen LogP contribution in [-0.2, 0) is 6.42 Å². The van der Waals surface area contributed by atoms with Crippen LogP contribution in [0.3, 0.4) is 0 Å². The molecule has 0 aromatic carbocycles. The van der Waals surface area contributed by atoms with Crippen molar-refractivity contribution >= 4 is 5.82 Å². The number of aromatic nitrogens is 3. The van der Waals surface area contributed by atoms with Crippen molar-refractivity contribution in [1.82, 2.24) is 15.0 Å². The van der Waals surface area contributed by atoms with Crippen molar-refractivity contribution in [3.8, 4) is 11.4 Å². The second-order valence-electron chi connectivity index (χ2n) is 3.63. The maximum atomic E-state index is 4.37. The molecule has 0 fully saturated rings. The van der Waals surface area contributed by atoms with Gasteiger partial charge in [0.1, 0.15) is 12.1 Å². The normalized spacial score (nSPS) is 10.4. The molecule has 0 aliphatic carbocycles. The lowest BCUT2D eigenvalue weighted by atomic mass is 10.1.